The second-order valence-electron chi connectivity index (χ2n) is 5.14. The van der Waals surface area contributed by atoms with Crippen molar-refractivity contribution in [2.45, 2.75) is 27.3 Å². The van der Waals surface area contributed by atoms with E-state index in [-0.39, 0.29) is 17.0 Å². The van der Waals surface area contributed by atoms with Crippen molar-refractivity contribution in [3.8, 4) is 0 Å². The van der Waals surface area contributed by atoms with E-state index in [9.17, 15) is 0 Å². The molecule has 0 saturated heterocycles. The first kappa shape index (κ1) is 14.4. The normalized spacial score (nSPS) is 10.7. The highest BCUT2D eigenvalue weighted by atomic mass is 79.9. The van der Waals surface area contributed by atoms with E-state index in [1.807, 2.05) is 0 Å². The Balaban J connectivity index is 0.00000196. The first-order valence-corrected chi connectivity index (χ1v) is 5.06. The third-order valence-electron chi connectivity index (χ3n) is 2.02. The Morgan fingerprint density at radius 1 is 1.20 bits per heavy atom. The lowest BCUT2D eigenvalue weighted by atomic mass is 9.97. The highest BCUT2D eigenvalue weighted by molar-refractivity contribution is 5.29. The van der Waals surface area contributed by atoms with Crippen LogP contribution in [0.3, 0.4) is 0 Å². The molecule has 0 unspecified atom stereocenters. The van der Waals surface area contributed by atoms with Crippen LogP contribution in [-0.4, -0.2) is 14.1 Å². The van der Waals surface area contributed by atoms with Crippen LogP contribution in [0.5, 0.6) is 0 Å². The lowest BCUT2D eigenvalue weighted by Crippen LogP contribution is -3.00. The zero-order chi connectivity index (χ0) is 10.8. The molecule has 0 aliphatic heterocycles. The smallest absolute Gasteiger partial charge is 0.276 e. The molecule has 0 saturated carbocycles. The lowest BCUT2D eigenvalue weighted by molar-refractivity contribution is -0.696. The second kappa shape index (κ2) is 5.50. The molecule has 0 amide bonds. The first-order valence-electron chi connectivity index (χ1n) is 5.06. The SMILES string of the molecule is CN(C)c1cccc[n+]1CC(C)(C)C.[Br-]. The third-order valence-corrected chi connectivity index (χ3v) is 2.02. The summed E-state index contributed by atoms with van der Waals surface area (Å²) in [7, 11) is 4.16. The van der Waals surface area contributed by atoms with Crippen LogP contribution in [0.4, 0.5) is 5.82 Å². The number of pyridine rings is 1. The molecule has 15 heavy (non-hydrogen) atoms. The maximum absolute atomic E-state index is 2.29. The van der Waals surface area contributed by atoms with Crippen LogP contribution >= 0.6 is 0 Å². The van der Waals surface area contributed by atoms with E-state index in [2.05, 4.69) is 68.7 Å². The van der Waals surface area contributed by atoms with Crippen LogP contribution in [-0.2, 0) is 6.54 Å². The molecular formula is C12H21BrN2. The van der Waals surface area contributed by atoms with Gasteiger partial charge in [0.15, 0.2) is 0 Å². The molecule has 2 nitrogen and oxygen atoms in total. The fraction of sp³-hybridized carbons (Fsp3) is 0.583. The molecule has 0 bridgehead atoms. The van der Waals surface area contributed by atoms with E-state index >= 15 is 0 Å². The first-order chi connectivity index (χ1) is 6.40. The summed E-state index contributed by atoms with van der Waals surface area (Å²) in [5, 5.41) is 0. The molecule has 0 fully saturated rings. The Bertz CT molecular complexity index is 303. The van der Waals surface area contributed by atoms with Gasteiger partial charge in [-0.05, 0) is 11.5 Å². The fourth-order valence-electron chi connectivity index (χ4n) is 1.52. The average Bonchev–Trinajstić information content (AvgIpc) is 2.01. The van der Waals surface area contributed by atoms with E-state index in [0.717, 1.165) is 6.54 Å². The summed E-state index contributed by atoms with van der Waals surface area (Å²) >= 11 is 0. The van der Waals surface area contributed by atoms with Crippen LogP contribution in [0.2, 0.25) is 0 Å². The monoisotopic (exact) mass is 272 g/mol. The predicted octanol–water partition coefficient (Wildman–Crippen LogP) is -0.910. The molecular weight excluding hydrogens is 252 g/mol. The van der Waals surface area contributed by atoms with Gasteiger partial charge in [-0.3, -0.25) is 4.90 Å². The van der Waals surface area contributed by atoms with Crippen molar-refractivity contribution in [2.75, 3.05) is 19.0 Å². The van der Waals surface area contributed by atoms with Crippen molar-refractivity contribution in [3.63, 3.8) is 0 Å². The second-order valence-corrected chi connectivity index (χ2v) is 5.14. The van der Waals surface area contributed by atoms with E-state index in [1.54, 1.807) is 0 Å². The van der Waals surface area contributed by atoms with Gasteiger partial charge in [0, 0.05) is 6.07 Å². The van der Waals surface area contributed by atoms with Gasteiger partial charge < -0.3 is 17.0 Å². The molecule has 0 aromatic carbocycles. The van der Waals surface area contributed by atoms with E-state index < -0.39 is 0 Å². The summed E-state index contributed by atoms with van der Waals surface area (Å²) in [5.74, 6) is 1.25. The molecule has 86 valence electrons. The van der Waals surface area contributed by atoms with Gasteiger partial charge in [0.05, 0.1) is 26.8 Å². The minimum Gasteiger partial charge on any atom is -1.00 e. The van der Waals surface area contributed by atoms with Gasteiger partial charge in [-0.1, -0.05) is 26.8 Å². The number of anilines is 1. The van der Waals surface area contributed by atoms with Gasteiger partial charge >= 0.3 is 0 Å². The van der Waals surface area contributed by atoms with Crippen molar-refractivity contribution in [1.29, 1.82) is 0 Å². The van der Waals surface area contributed by atoms with Gasteiger partial charge in [-0.15, -0.1) is 0 Å². The topological polar surface area (TPSA) is 7.12 Å². The van der Waals surface area contributed by atoms with Gasteiger partial charge in [0.25, 0.3) is 5.82 Å². The zero-order valence-electron chi connectivity index (χ0n) is 10.3. The molecule has 1 aromatic heterocycles. The van der Waals surface area contributed by atoms with Crippen molar-refractivity contribution in [1.82, 2.24) is 0 Å². The largest absolute Gasteiger partial charge is 1.00 e. The predicted molar refractivity (Wildman–Crippen MR) is 60.4 cm³/mol. The van der Waals surface area contributed by atoms with Crippen molar-refractivity contribution < 1.29 is 21.5 Å². The molecule has 0 N–H and O–H groups in total. The Morgan fingerprint density at radius 3 is 2.27 bits per heavy atom. The molecule has 0 atom stereocenters. The van der Waals surface area contributed by atoms with Gasteiger partial charge in [0.2, 0.25) is 0 Å². The van der Waals surface area contributed by atoms with Crippen LogP contribution in [0.15, 0.2) is 24.4 Å². The van der Waals surface area contributed by atoms with Gasteiger partial charge in [-0.2, -0.15) is 0 Å². The molecule has 0 radical (unpaired) electrons. The van der Waals surface area contributed by atoms with Crippen LogP contribution < -0.4 is 26.4 Å². The Labute approximate surface area is 104 Å². The van der Waals surface area contributed by atoms with Crippen LogP contribution in [0, 0.1) is 5.41 Å². The third kappa shape index (κ3) is 4.65. The van der Waals surface area contributed by atoms with Gasteiger partial charge in [0.1, 0.15) is 0 Å². The standard InChI is InChI=1S/C12H21N2.BrH/c1-12(2,3)10-14-9-7-6-8-11(14)13(4)5;/h6-9H,10H2,1-5H3;1H/q+1;/p-1. The number of hydrogen-bond acceptors (Lipinski definition) is 1. The summed E-state index contributed by atoms with van der Waals surface area (Å²) < 4.78 is 2.29. The number of aromatic nitrogens is 1. The van der Waals surface area contributed by atoms with E-state index in [1.165, 1.54) is 5.82 Å². The number of nitrogens with zero attached hydrogens (tertiary/aromatic N) is 2. The maximum Gasteiger partial charge on any atom is 0.276 e. The van der Waals surface area contributed by atoms with E-state index in [0.29, 0.717) is 5.41 Å². The number of hydrogen-bond donors (Lipinski definition) is 0. The minimum atomic E-state index is 0. The molecule has 0 aliphatic carbocycles. The quantitative estimate of drug-likeness (QED) is 0.633. The summed E-state index contributed by atoms with van der Waals surface area (Å²) in [6.07, 6.45) is 2.14. The molecule has 1 rings (SSSR count). The Kier molecular flexibility index (Phi) is 5.29. The number of halogens is 1. The maximum atomic E-state index is 2.29. The molecule has 1 aromatic rings. The van der Waals surface area contributed by atoms with E-state index in [4.69, 9.17) is 0 Å². The average molecular weight is 273 g/mol. The molecule has 1 heterocycles. The van der Waals surface area contributed by atoms with Crippen molar-refractivity contribution in [2.24, 2.45) is 5.41 Å². The molecule has 0 spiro atoms. The Morgan fingerprint density at radius 2 is 1.80 bits per heavy atom. The van der Waals surface area contributed by atoms with Gasteiger partial charge in [-0.25, -0.2) is 4.57 Å². The Hall–Kier alpha value is -0.570. The summed E-state index contributed by atoms with van der Waals surface area (Å²) in [5.41, 5.74) is 0.316. The van der Waals surface area contributed by atoms with Crippen LogP contribution in [0.1, 0.15) is 20.8 Å². The molecule has 3 heteroatoms. The summed E-state index contributed by atoms with van der Waals surface area (Å²) in [6, 6.07) is 6.30. The number of rotatable bonds is 2. The highest BCUT2D eigenvalue weighted by Crippen LogP contribution is 2.14. The minimum absolute atomic E-state index is 0. The fourth-order valence-corrected chi connectivity index (χ4v) is 1.52. The van der Waals surface area contributed by atoms with Crippen molar-refractivity contribution in [3.05, 3.63) is 24.4 Å². The lowest BCUT2D eigenvalue weighted by Gasteiger charge is -2.19. The summed E-state index contributed by atoms with van der Waals surface area (Å²) in [4.78, 5) is 2.14. The van der Waals surface area contributed by atoms with Crippen molar-refractivity contribution >= 4 is 5.82 Å². The molecule has 0 aliphatic rings. The highest BCUT2D eigenvalue weighted by Gasteiger charge is 2.18. The van der Waals surface area contributed by atoms with Crippen LogP contribution in [0.25, 0.3) is 0 Å². The zero-order valence-corrected chi connectivity index (χ0v) is 11.9. The summed E-state index contributed by atoms with van der Waals surface area (Å²) in [6.45, 7) is 7.81.